The molecule has 1 fully saturated rings. The monoisotopic (exact) mass is 309 g/mol. The second-order valence-electron chi connectivity index (χ2n) is 5.68. The van der Waals surface area contributed by atoms with Crippen molar-refractivity contribution in [3.63, 3.8) is 0 Å². The number of ether oxygens (including phenoxy) is 1. The first kappa shape index (κ1) is 14.5. The summed E-state index contributed by atoms with van der Waals surface area (Å²) >= 11 is 0. The van der Waals surface area contributed by atoms with Crippen molar-refractivity contribution in [2.45, 2.75) is 37.3 Å². The molecule has 6 heteroatoms. The summed E-state index contributed by atoms with van der Waals surface area (Å²) in [5, 5.41) is 0. The fraction of sp³-hybridized carbons (Fsp3) is 0.533. The van der Waals surface area contributed by atoms with Crippen LogP contribution >= 0.6 is 0 Å². The lowest BCUT2D eigenvalue weighted by Crippen LogP contribution is -2.34. The zero-order chi connectivity index (χ0) is 15.0. The average molecular weight is 309 g/mol. The number of hydrogen-bond donors (Lipinski definition) is 0. The quantitative estimate of drug-likeness (QED) is 0.802. The van der Waals surface area contributed by atoms with E-state index >= 15 is 0 Å². The SMILES string of the molecule is COc1ccc2c(c1)C=NC1CCC(OS(C)(=O)=O)CC21. The van der Waals surface area contributed by atoms with Crippen LogP contribution < -0.4 is 4.74 Å². The number of rotatable bonds is 3. The highest BCUT2D eigenvalue weighted by atomic mass is 32.2. The first-order valence-electron chi connectivity index (χ1n) is 7.05. The predicted octanol–water partition coefficient (Wildman–Crippen LogP) is 2.11. The summed E-state index contributed by atoms with van der Waals surface area (Å²) in [5.74, 6) is 1.02. The van der Waals surface area contributed by atoms with Crippen LogP contribution in [0.5, 0.6) is 5.75 Å². The van der Waals surface area contributed by atoms with Crippen molar-refractivity contribution < 1.29 is 17.3 Å². The standard InChI is InChI=1S/C15H19NO4S/c1-19-11-3-5-13-10(7-11)9-16-15-6-4-12(8-14(13)15)20-21(2,17)18/h3,5,7,9,12,14-15H,4,6,8H2,1-2H3. The Kier molecular flexibility index (Phi) is 3.75. The van der Waals surface area contributed by atoms with E-state index in [9.17, 15) is 8.42 Å². The number of fused-ring (bicyclic) bond motifs is 3. The summed E-state index contributed by atoms with van der Waals surface area (Å²) < 4.78 is 33.1. The highest BCUT2D eigenvalue weighted by Crippen LogP contribution is 2.40. The van der Waals surface area contributed by atoms with Crippen LogP contribution in [-0.4, -0.2) is 40.1 Å². The predicted molar refractivity (Wildman–Crippen MR) is 80.7 cm³/mol. The second-order valence-corrected chi connectivity index (χ2v) is 7.28. The van der Waals surface area contributed by atoms with Gasteiger partial charge in [0.1, 0.15) is 5.75 Å². The second kappa shape index (κ2) is 5.42. The Morgan fingerprint density at radius 1 is 1.29 bits per heavy atom. The van der Waals surface area contributed by atoms with Crippen molar-refractivity contribution in [3.8, 4) is 5.75 Å². The van der Waals surface area contributed by atoms with E-state index in [4.69, 9.17) is 8.92 Å². The molecule has 3 rings (SSSR count). The van der Waals surface area contributed by atoms with Gasteiger partial charge in [0, 0.05) is 12.1 Å². The molecule has 114 valence electrons. The zero-order valence-corrected chi connectivity index (χ0v) is 13.0. The third-order valence-electron chi connectivity index (χ3n) is 4.18. The van der Waals surface area contributed by atoms with E-state index in [1.807, 2.05) is 18.3 Å². The zero-order valence-electron chi connectivity index (χ0n) is 12.2. The smallest absolute Gasteiger partial charge is 0.264 e. The summed E-state index contributed by atoms with van der Waals surface area (Å²) in [5.41, 5.74) is 2.26. The molecule has 1 heterocycles. The third kappa shape index (κ3) is 3.11. The summed E-state index contributed by atoms with van der Waals surface area (Å²) in [6, 6.07) is 6.19. The Morgan fingerprint density at radius 2 is 2.10 bits per heavy atom. The van der Waals surface area contributed by atoms with E-state index in [1.165, 1.54) is 5.56 Å². The van der Waals surface area contributed by atoms with Gasteiger partial charge in [-0.3, -0.25) is 9.18 Å². The topological polar surface area (TPSA) is 65.0 Å². The normalized spacial score (nSPS) is 27.8. The van der Waals surface area contributed by atoms with Gasteiger partial charge in [-0.05, 0) is 42.5 Å². The van der Waals surface area contributed by atoms with E-state index in [0.29, 0.717) is 6.42 Å². The molecule has 0 saturated heterocycles. The first-order chi connectivity index (χ1) is 9.96. The van der Waals surface area contributed by atoms with Crippen LogP contribution in [0, 0.1) is 0 Å². The largest absolute Gasteiger partial charge is 0.497 e. The molecule has 0 aromatic heterocycles. The van der Waals surface area contributed by atoms with Crippen LogP contribution in [0.3, 0.4) is 0 Å². The van der Waals surface area contributed by atoms with Crippen molar-refractivity contribution >= 4 is 16.3 Å². The van der Waals surface area contributed by atoms with Crippen molar-refractivity contribution in [1.82, 2.24) is 0 Å². The van der Waals surface area contributed by atoms with Gasteiger partial charge >= 0.3 is 0 Å². The van der Waals surface area contributed by atoms with Crippen LogP contribution in [0.1, 0.15) is 36.3 Å². The van der Waals surface area contributed by atoms with Crippen LogP contribution in [-0.2, 0) is 14.3 Å². The molecule has 0 N–H and O–H groups in total. The number of methoxy groups -OCH3 is 1. The van der Waals surface area contributed by atoms with Gasteiger partial charge in [0.2, 0.25) is 0 Å². The molecule has 1 aliphatic heterocycles. The fourth-order valence-electron chi connectivity index (χ4n) is 3.27. The molecule has 1 aromatic carbocycles. The number of nitrogens with zero attached hydrogens (tertiary/aromatic N) is 1. The molecule has 0 amide bonds. The van der Waals surface area contributed by atoms with Crippen LogP contribution in [0.25, 0.3) is 0 Å². The van der Waals surface area contributed by atoms with Gasteiger partial charge < -0.3 is 4.74 Å². The molecule has 3 atom stereocenters. The van der Waals surface area contributed by atoms with E-state index in [2.05, 4.69) is 11.1 Å². The molecule has 1 saturated carbocycles. The maximum absolute atomic E-state index is 11.3. The molecular formula is C15H19NO4S. The van der Waals surface area contributed by atoms with Crippen LogP contribution in [0.4, 0.5) is 0 Å². The Morgan fingerprint density at radius 3 is 2.81 bits per heavy atom. The van der Waals surface area contributed by atoms with E-state index in [-0.39, 0.29) is 18.1 Å². The minimum atomic E-state index is -3.41. The number of benzene rings is 1. The molecule has 0 radical (unpaired) electrons. The Labute approximate surface area is 125 Å². The highest BCUT2D eigenvalue weighted by molar-refractivity contribution is 7.86. The molecule has 0 spiro atoms. The van der Waals surface area contributed by atoms with Gasteiger partial charge in [-0.15, -0.1) is 0 Å². The minimum Gasteiger partial charge on any atom is -0.497 e. The van der Waals surface area contributed by atoms with Crippen molar-refractivity contribution in [1.29, 1.82) is 0 Å². The Bertz CT molecular complexity index is 668. The molecule has 2 aliphatic rings. The molecule has 1 aliphatic carbocycles. The van der Waals surface area contributed by atoms with E-state index in [0.717, 1.165) is 30.4 Å². The molecular weight excluding hydrogens is 290 g/mol. The van der Waals surface area contributed by atoms with Crippen molar-refractivity contribution in [2.24, 2.45) is 4.99 Å². The van der Waals surface area contributed by atoms with E-state index < -0.39 is 10.1 Å². The van der Waals surface area contributed by atoms with Gasteiger partial charge in [-0.25, -0.2) is 0 Å². The molecule has 21 heavy (non-hydrogen) atoms. The van der Waals surface area contributed by atoms with Crippen molar-refractivity contribution in [3.05, 3.63) is 29.3 Å². The maximum atomic E-state index is 11.3. The summed E-state index contributed by atoms with van der Waals surface area (Å²) in [7, 11) is -1.77. The lowest BCUT2D eigenvalue weighted by atomic mass is 9.76. The first-order valence-corrected chi connectivity index (χ1v) is 8.87. The van der Waals surface area contributed by atoms with E-state index in [1.54, 1.807) is 7.11 Å². The van der Waals surface area contributed by atoms with Crippen LogP contribution in [0.2, 0.25) is 0 Å². The number of aliphatic imine (C=N–C) groups is 1. The molecule has 5 nitrogen and oxygen atoms in total. The van der Waals surface area contributed by atoms with Gasteiger partial charge in [-0.2, -0.15) is 8.42 Å². The highest BCUT2D eigenvalue weighted by Gasteiger charge is 2.35. The fourth-order valence-corrected chi connectivity index (χ4v) is 3.94. The maximum Gasteiger partial charge on any atom is 0.264 e. The molecule has 0 bridgehead atoms. The summed E-state index contributed by atoms with van der Waals surface area (Å²) in [6.07, 6.45) is 5.04. The summed E-state index contributed by atoms with van der Waals surface area (Å²) in [6.45, 7) is 0. The van der Waals surface area contributed by atoms with Gasteiger partial charge in [0.05, 0.1) is 25.5 Å². The summed E-state index contributed by atoms with van der Waals surface area (Å²) in [4.78, 5) is 4.61. The van der Waals surface area contributed by atoms with Gasteiger partial charge in [0.15, 0.2) is 0 Å². The Hall–Kier alpha value is -1.40. The molecule has 1 aromatic rings. The Balaban J connectivity index is 1.86. The van der Waals surface area contributed by atoms with Crippen molar-refractivity contribution in [2.75, 3.05) is 13.4 Å². The van der Waals surface area contributed by atoms with Crippen LogP contribution in [0.15, 0.2) is 23.2 Å². The lowest BCUT2D eigenvalue weighted by molar-refractivity contribution is 0.142. The third-order valence-corrected chi connectivity index (χ3v) is 4.80. The average Bonchev–Trinajstić information content (AvgIpc) is 2.44. The van der Waals surface area contributed by atoms with Gasteiger partial charge in [-0.1, -0.05) is 6.07 Å². The molecule has 3 unspecified atom stereocenters. The number of hydrogen-bond acceptors (Lipinski definition) is 5. The lowest BCUT2D eigenvalue weighted by Gasteiger charge is -2.36. The van der Waals surface area contributed by atoms with Gasteiger partial charge in [0.25, 0.3) is 10.1 Å². The minimum absolute atomic E-state index is 0.219.